The molecule has 1 aliphatic heterocycles. The van der Waals surface area contributed by atoms with E-state index in [4.69, 9.17) is 14.2 Å². The highest BCUT2D eigenvalue weighted by Crippen LogP contribution is 2.39. The summed E-state index contributed by atoms with van der Waals surface area (Å²) in [7, 11) is 1.61. The molecule has 1 aromatic carbocycles. The molecule has 1 amide bonds. The molecule has 0 radical (unpaired) electrons. The molecule has 10 nitrogen and oxygen atoms in total. The molecule has 0 saturated carbocycles. The van der Waals surface area contributed by atoms with E-state index in [1.54, 1.807) is 25.4 Å². The largest absolute Gasteiger partial charge is 0.494 e. The lowest BCUT2D eigenvalue weighted by atomic mass is 10.1. The highest BCUT2D eigenvalue weighted by atomic mass is 32.1. The summed E-state index contributed by atoms with van der Waals surface area (Å²) in [6, 6.07) is 6.82. The van der Waals surface area contributed by atoms with Gasteiger partial charge in [-0.2, -0.15) is 0 Å². The Morgan fingerprint density at radius 3 is 2.66 bits per heavy atom. The van der Waals surface area contributed by atoms with Gasteiger partial charge < -0.3 is 19.1 Å². The number of esters is 1. The van der Waals surface area contributed by atoms with E-state index >= 15 is 0 Å². The number of ether oxygens (including phenoxy) is 3. The molecule has 0 aliphatic carbocycles. The third-order valence-corrected chi connectivity index (χ3v) is 6.98. The van der Waals surface area contributed by atoms with Crippen molar-refractivity contribution < 1.29 is 23.8 Å². The number of benzene rings is 1. The quantitative estimate of drug-likeness (QED) is 0.388. The molecular formula is C27H35N5O5S. The molecule has 1 saturated heterocycles. The monoisotopic (exact) mass is 541 g/mol. The molecule has 204 valence electrons. The Labute approximate surface area is 226 Å². The van der Waals surface area contributed by atoms with E-state index in [0.29, 0.717) is 53.8 Å². The standard InChI is InChI=1S/C27H35N5O5S/c1-6-19(25(34)37-27(2,3)4)29-16-18-15-17(9-10-28-18)24(33)31-26-30-22-21(35-5)8-7-20(23(22)38-26)32-11-13-36-14-12-32/h7-10,15,19,29H,6,11-14,16H2,1-5H3,(H,30,31,33). The summed E-state index contributed by atoms with van der Waals surface area (Å²) in [6.07, 6.45) is 2.15. The van der Waals surface area contributed by atoms with Crippen LogP contribution in [0.3, 0.4) is 0 Å². The molecular weight excluding hydrogens is 506 g/mol. The Bertz CT molecular complexity index is 1280. The third kappa shape index (κ3) is 6.77. The number of pyridine rings is 1. The van der Waals surface area contributed by atoms with Crippen molar-refractivity contribution in [2.45, 2.75) is 52.3 Å². The molecule has 11 heteroatoms. The Morgan fingerprint density at radius 1 is 1.21 bits per heavy atom. The molecule has 4 rings (SSSR count). The van der Waals surface area contributed by atoms with E-state index in [2.05, 4.69) is 25.5 Å². The Hall–Kier alpha value is -3.28. The van der Waals surface area contributed by atoms with Gasteiger partial charge in [-0.3, -0.25) is 25.2 Å². The van der Waals surface area contributed by atoms with E-state index in [9.17, 15) is 9.59 Å². The third-order valence-electron chi connectivity index (χ3n) is 5.99. The second-order valence-electron chi connectivity index (χ2n) is 9.95. The number of nitrogens with zero attached hydrogens (tertiary/aromatic N) is 3. The molecule has 0 bridgehead atoms. The zero-order valence-corrected chi connectivity index (χ0v) is 23.3. The van der Waals surface area contributed by atoms with Crippen molar-refractivity contribution in [3.63, 3.8) is 0 Å². The van der Waals surface area contributed by atoms with Gasteiger partial charge in [0.2, 0.25) is 0 Å². The fraction of sp³-hybridized carbons (Fsp3) is 0.481. The van der Waals surface area contributed by atoms with Crippen LogP contribution in [-0.2, 0) is 20.8 Å². The van der Waals surface area contributed by atoms with E-state index in [0.717, 1.165) is 23.5 Å². The molecule has 3 heterocycles. The predicted molar refractivity (Wildman–Crippen MR) is 148 cm³/mol. The number of fused-ring (bicyclic) bond motifs is 1. The lowest BCUT2D eigenvalue weighted by molar-refractivity contribution is -0.157. The number of anilines is 2. The van der Waals surface area contributed by atoms with Gasteiger partial charge in [0.05, 0.1) is 36.4 Å². The van der Waals surface area contributed by atoms with Gasteiger partial charge >= 0.3 is 5.97 Å². The van der Waals surface area contributed by atoms with E-state index in [1.807, 2.05) is 39.8 Å². The summed E-state index contributed by atoms with van der Waals surface area (Å²) < 4.78 is 17.5. The minimum atomic E-state index is -0.559. The lowest BCUT2D eigenvalue weighted by Gasteiger charge is -2.29. The van der Waals surface area contributed by atoms with Crippen molar-refractivity contribution in [1.29, 1.82) is 0 Å². The number of aromatic nitrogens is 2. The lowest BCUT2D eigenvalue weighted by Crippen LogP contribution is -2.40. The number of carbonyl (C=O) groups is 2. The Morgan fingerprint density at radius 2 is 1.97 bits per heavy atom. The van der Waals surface area contributed by atoms with Crippen molar-refractivity contribution in [2.75, 3.05) is 43.6 Å². The van der Waals surface area contributed by atoms with Gasteiger partial charge in [-0.05, 0) is 51.5 Å². The van der Waals surface area contributed by atoms with Crippen LogP contribution in [0.4, 0.5) is 10.8 Å². The zero-order chi connectivity index (χ0) is 27.3. The van der Waals surface area contributed by atoms with Crippen LogP contribution < -0.4 is 20.3 Å². The number of thiazole rings is 1. The molecule has 2 N–H and O–H groups in total. The summed E-state index contributed by atoms with van der Waals surface area (Å²) in [5.74, 6) is 0.0527. The van der Waals surface area contributed by atoms with Gasteiger partial charge in [0.15, 0.2) is 5.13 Å². The van der Waals surface area contributed by atoms with Crippen molar-refractivity contribution in [3.8, 4) is 5.75 Å². The Kier molecular flexibility index (Phi) is 8.80. The maximum atomic E-state index is 13.1. The second-order valence-corrected chi connectivity index (χ2v) is 10.9. The molecule has 1 unspecified atom stereocenters. The zero-order valence-electron chi connectivity index (χ0n) is 22.5. The van der Waals surface area contributed by atoms with Crippen LogP contribution in [0, 0.1) is 0 Å². The summed E-state index contributed by atoms with van der Waals surface area (Å²) in [5, 5.41) is 6.59. The number of carbonyl (C=O) groups excluding carboxylic acids is 2. The molecule has 3 aromatic rings. The fourth-order valence-electron chi connectivity index (χ4n) is 4.12. The second kappa shape index (κ2) is 12.1. The summed E-state index contributed by atoms with van der Waals surface area (Å²) in [4.78, 5) is 36.8. The van der Waals surface area contributed by atoms with Crippen molar-refractivity contribution in [1.82, 2.24) is 15.3 Å². The van der Waals surface area contributed by atoms with Crippen molar-refractivity contribution in [2.24, 2.45) is 0 Å². The first-order valence-electron chi connectivity index (χ1n) is 12.7. The number of rotatable bonds is 9. The number of hydrogen-bond acceptors (Lipinski definition) is 10. The minimum absolute atomic E-state index is 0.293. The highest BCUT2D eigenvalue weighted by molar-refractivity contribution is 7.23. The van der Waals surface area contributed by atoms with Gasteiger partial charge in [-0.25, -0.2) is 4.98 Å². The van der Waals surface area contributed by atoms with Crippen LogP contribution in [0.2, 0.25) is 0 Å². The van der Waals surface area contributed by atoms with Gasteiger partial charge in [-0.1, -0.05) is 18.3 Å². The van der Waals surface area contributed by atoms with Crippen LogP contribution in [0.25, 0.3) is 10.2 Å². The number of nitrogens with one attached hydrogen (secondary N) is 2. The predicted octanol–water partition coefficient (Wildman–Crippen LogP) is 4.00. The summed E-state index contributed by atoms with van der Waals surface area (Å²) in [6.45, 7) is 10.7. The van der Waals surface area contributed by atoms with Crippen LogP contribution in [0.5, 0.6) is 5.75 Å². The SMILES string of the molecule is CCC(NCc1cc(C(=O)Nc2nc3c(OC)ccc(N4CCOCC4)c3s2)ccn1)C(=O)OC(C)(C)C. The van der Waals surface area contributed by atoms with E-state index < -0.39 is 11.6 Å². The number of amides is 1. The first-order chi connectivity index (χ1) is 18.2. The highest BCUT2D eigenvalue weighted by Gasteiger charge is 2.24. The molecule has 2 aromatic heterocycles. The molecule has 38 heavy (non-hydrogen) atoms. The van der Waals surface area contributed by atoms with Gasteiger partial charge in [0.25, 0.3) is 5.91 Å². The van der Waals surface area contributed by atoms with Gasteiger partial charge in [0, 0.05) is 31.4 Å². The Balaban J connectivity index is 1.47. The van der Waals surface area contributed by atoms with Crippen LogP contribution in [0.1, 0.15) is 50.2 Å². The average molecular weight is 542 g/mol. The normalized spacial score (nSPS) is 14.8. The van der Waals surface area contributed by atoms with Crippen molar-refractivity contribution in [3.05, 3.63) is 41.7 Å². The van der Waals surface area contributed by atoms with Gasteiger partial charge in [0.1, 0.15) is 22.9 Å². The maximum Gasteiger partial charge on any atom is 0.323 e. The molecule has 1 fully saturated rings. The number of methoxy groups -OCH3 is 1. The van der Waals surface area contributed by atoms with Crippen LogP contribution >= 0.6 is 11.3 Å². The average Bonchev–Trinajstić information content (AvgIpc) is 3.31. The van der Waals surface area contributed by atoms with Gasteiger partial charge in [-0.15, -0.1) is 0 Å². The summed E-state index contributed by atoms with van der Waals surface area (Å²) in [5.41, 5.74) is 2.29. The molecule has 1 aliphatic rings. The fourth-order valence-corrected chi connectivity index (χ4v) is 5.14. The number of hydrogen-bond donors (Lipinski definition) is 2. The van der Waals surface area contributed by atoms with Crippen LogP contribution in [0.15, 0.2) is 30.5 Å². The van der Waals surface area contributed by atoms with Crippen molar-refractivity contribution >= 4 is 44.2 Å². The smallest absolute Gasteiger partial charge is 0.323 e. The molecule has 1 atom stereocenters. The maximum absolute atomic E-state index is 13.1. The first kappa shape index (κ1) is 27.7. The van der Waals surface area contributed by atoms with Crippen LogP contribution in [-0.4, -0.2) is 66.9 Å². The first-order valence-corrected chi connectivity index (χ1v) is 13.5. The number of morpholine rings is 1. The van der Waals surface area contributed by atoms with E-state index in [1.165, 1.54) is 11.3 Å². The summed E-state index contributed by atoms with van der Waals surface area (Å²) >= 11 is 1.41. The topological polar surface area (TPSA) is 115 Å². The van der Waals surface area contributed by atoms with E-state index in [-0.39, 0.29) is 11.9 Å². The minimum Gasteiger partial charge on any atom is -0.494 e. The molecule has 0 spiro atoms.